The third-order valence-corrected chi connectivity index (χ3v) is 6.46. The van der Waals surface area contributed by atoms with E-state index in [4.69, 9.17) is 28.4 Å². The number of amides is 1. The molecule has 0 bridgehead atoms. The van der Waals surface area contributed by atoms with Gasteiger partial charge in [-0.1, -0.05) is 12.1 Å². The standard InChI is InChI=1S/C32H36F2N2O9/c1-7-41-26-15-21(33)9-11-23(26)28(24-12-10-22(34)16-27(24)42-8-2)19(4)45-32(39)18(3)36-31(38)29-30(44-17-43-20(5)37)25(40-6)13-14-35-29/h9-16,18-19,28H,7-8,17H2,1-6H3,(H,36,38)/t18-,19-/m0/s1. The van der Waals surface area contributed by atoms with Crippen molar-refractivity contribution in [1.29, 1.82) is 0 Å². The largest absolute Gasteiger partial charge is 0.493 e. The molecule has 0 spiro atoms. The second-order valence-electron chi connectivity index (χ2n) is 9.63. The molecule has 0 unspecified atom stereocenters. The molecule has 0 aliphatic carbocycles. The molecular weight excluding hydrogens is 594 g/mol. The summed E-state index contributed by atoms with van der Waals surface area (Å²) in [6, 6.07) is 8.19. The number of pyridine rings is 1. The van der Waals surface area contributed by atoms with Crippen molar-refractivity contribution >= 4 is 17.8 Å². The Balaban J connectivity index is 1.90. The van der Waals surface area contributed by atoms with Crippen LogP contribution in [0.3, 0.4) is 0 Å². The highest BCUT2D eigenvalue weighted by molar-refractivity contribution is 5.98. The number of nitrogens with one attached hydrogen (secondary N) is 1. The fourth-order valence-corrected chi connectivity index (χ4v) is 4.51. The summed E-state index contributed by atoms with van der Waals surface area (Å²) in [4.78, 5) is 41.7. The summed E-state index contributed by atoms with van der Waals surface area (Å²) >= 11 is 0. The van der Waals surface area contributed by atoms with Crippen LogP contribution in [0.25, 0.3) is 0 Å². The molecule has 13 heteroatoms. The minimum atomic E-state index is -1.19. The number of nitrogens with zero attached hydrogens (tertiary/aromatic N) is 1. The van der Waals surface area contributed by atoms with Gasteiger partial charge in [0.1, 0.15) is 35.3 Å². The third kappa shape index (κ3) is 9.03. The highest BCUT2D eigenvalue weighted by Crippen LogP contribution is 2.40. The first kappa shape index (κ1) is 34.5. The Hall–Kier alpha value is -4.94. The topological polar surface area (TPSA) is 132 Å². The van der Waals surface area contributed by atoms with Gasteiger partial charge in [0.2, 0.25) is 6.79 Å². The Labute approximate surface area is 259 Å². The van der Waals surface area contributed by atoms with Crippen LogP contribution in [0.4, 0.5) is 8.78 Å². The molecule has 0 radical (unpaired) electrons. The number of benzene rings is 2. The highest BCUT2D eigenvalue weighted by Gasteiger charge is 2.32. The monoisotopic (exact) mass is 630 g/mol. The predicted molar refractivity (Wildman–Crippen MR) is 158 cm³/mol. The molecule has 3 aromatic rings. The van der Waals surface area contributed by atoms with Crippen molar-refractivity contribution in [2.45, 2.75) is 52.7 Å². The molecule has 3 rings (SSSR count). The number of carbonyl (C=O) groups excluding carboxylic acids is 3. The summed E-state index contributed by atoms with van der Waals surface area (Å²) in [5.74, 6) is -3.61. The maximum Gasteiger partial charge on any atom is 0.328 e. The Morgan fingerprint density at radius 2 is 1.44 bits per heavy atom. The Morgan fingerprint density at radius 3 is 1.96 bits per heavy atom. The predicted octanol–water partition coefficient (Wildman–Crippen LogP) is 4.95. The van der Waals surface area contributed by atoms with Crippen molar-refractivity contribution in [3.05, 3.63) is 77.1 Å². The van der Waals surface area contributed by atoms with Crippen molar-refractivity contribution in [3.63, 3.8) is 0 Å². The summed E-state index contributed by atoms with van der Waals surface area (Å²) in [5, 5.41) is 2.52. The minimum absolute atomic E-state index is 0.104. The average Bonchev–Trinajstić information content (AvgIpc) is 2.99. The van der Waals surface area contributed by atoms with Gasteiger partial charge in [-0.15, -0.1) is 0 Å². The number of aromatic nitrogens is 1. The second kappa shape index (κ2) is 16.2. The molecule has 45 heavy (non-hydrogen) atoms. The average molecular weight is 631 g/mol. The van der Waals surface area contributed by atoms with Crippen molar-refractivity contribution in [2.75, 3.05) is 27.1 Å². The smallest absolute Gasteiger partial charge is 0.328 e. The van der Waals surface area contributed by atoms with Gasteiger partial charge in [-0.25, -0.2) is 18.6 Å². The van der Waals surface area contributed by atoms with Gasteiger partial charge in [0.15, 0.2) is 17.2 Å². The van der Waals surface area contributed by atoms with Gasteiger partial charge in [-0.05, 0) is 39.8 Å². The van der Waals surface area contributed by atoms with Gasteiger partial charge in [0.05, 0.1) is 26.2 Å². The summed E-state index contributed by atoms with van der Waals surface area (Å²) in [7, 11) is 1.35. The van der Waals surface area contributed by atoms with E-state index in [2.05, 4.69) is 10.3 Å². The van der Waals surface area contributed by atoms with E-state index in [1.54, 1.807) is 20.8 Å². The van der Waals surface area contributed by atoms with Crippen LogP contribution in [0.15, 0.2) is 48.7 Å². The zero-order chi connectivity index (χ0) is 33.1. The first-order valence-corrected chi connectivity index (χ1v) is 14.2. The number of halogens is 2. The molecule has 0 saturated carbocycles. The lowest BCUT2D eigenvalue weighted by molar-refractivity contribution is -0.151. The zero-order valence-electron chi connectivity index (χ0n) is 25.8. The quantitative estimate of drug-likeness (QED) is 0.182. The van der Waals surface area contributed by atoms with Crippen molar-refractivity contribution in [1.82, 2.24) is 10.3 Å². The Morgan fingerprint density at radius 1 is 0.867 bits per heavy atom. The molecule has 0 fully saturated rings. The summed E-state index contributed by atoms with van der Waals surface area (Å²) < 4.78 is 61.1. The number of methoxy groups -OCH3 is 1. The normalized spacial score (nSPS) is 12.1. The number of hydrogen-bond acceptors (Lipinski definition) is 10. The molecule has 2 aromatic carbocycles. The number of ether oxygens (including phenoxy) is 6. The van der Waals surface area contributed by atoms with Gasteiger partial charge >= 0.3 is 11.9 Å². The van der Waals surface area contributed by atoms with Crippen molar-refractivity contribution < 1.29 is 51.6 Å². The molecular formula is C32H36F2N2O9. The molecule has 1 amide bonds. The van der Waals surface area contributed by atoms with Crippen LogP contribution in [0.2, 0.25) is 0 Å². The van der Waals surface area contributed by atoms with E-state index >= 15 is 0 Å². The fraction of sp³-hybridized carbons (Fsp3) is 0.375. The van der Waals surface area contributed by atoms with E-state index in [0.717, 1.165) is 0 Å². The second-order valence-corrected chi connectivity index (χ2v) is 9.63. The van der Waals surface area contributed by atoms with Gasteiger partial charge in [0, 0.05) is 42.4 Å². The van der Waals surface area contributed by atoms with Gasteiger partial charge in [-0.3, -0.25) is 9.59 Å². The number of rotatable bonds is 15. The lowest BCUT2D eigenvalue weighted by Crippen LogP contribution is -2.41. The highest BCUT2D eigenvalue weighted by atomic mass is 19.1. The van der Waals surface area contributed by atoms with Crippen molar-refractivity contribution in [2.24, 2.45) is 0 Å². The lowest BCUT2D eigenvalue weighted by atomic mass is 9.85. The first-order valence-electron chi connectivity index (χ1n) is 14.2. The van der Waals surface area contributed by atoms with Gasteiger partial charge in [0.25, 0.3) is 5.91 Å². The minimum Gasteiger partial charge on any atom is -0.493 e. The van der Waals surface area contributed by atoms with Crippen LogP contribution in [0.5, 0.6) is 23.0 Å². The number of esters is 2. The fourth-order valence-electron chi connectivity index (χ4n) is 4.51. The molecule has 1 heterocycles. The maximum absolute atomic E-state index is 14.2. The third-order valence-electron chi connectivity index (χ3n) is 6.46. The van der Waals surface area contributed by atoms with E-state index in [-0.39, 0.29) is 41.9 Å². The molecule has 0 saturated heterocycles. The van der Waals surface area contributed by atoms with E-state index in [9.17, 15) is 23.2 Å². The van der Waals surface area contributed by atoms with E-state index in [1.165, 1.54) is 69.6 Å². The van der Waals surface area contributed by atoms with Crippen LogP contribution in [0, 0.1) is 11.6 Å². The molecule has 1 aromatic heterocycles. The van der Waals surface area contributed by atoms with Crippen LogP contribution in [-0.4, -0.2) is 62.1 Å². The van der Waals surface area contributed by atoms with Crippen LogP contribution in [-0.2, 0) is 19.1 Å². The van der Waals surface area contributed by atoms with E-state index in [1.807, 2.05) is 0 Å². The first-order chi connectivity index (χ1) is 21.5. The lowest BCUT2D eigenvalue weighted by Gasteiger charge is -2.29. The number of carbonyl (C=O) groups is 3. The molecule has 0 aliphatic heterocycles. The van der Waals surface area contributed by atoms with Gasteiger partial charge in [-0.2, -0.15) is 0 Å². The molecule has 2 atom stereocenters. The van der Waals surface area contributed by atoms with E-state index < -0.39 is 54.3 Å². The summed E-state index contributed by atoms with van der Waals surface area (Å²) in [6.07, 6.45) is 0.364. The number of hydrogen-bond donors (Lipinski definition) is 1. The van der Waals surface area contributed by atoms with Crippen LogP contribution in [0.1, 0.15) is 62.2 Å². The SMILES string of the molecule is CCOc1cc(F)ccc1C(c1ccc(F)cc1OCC)[C@H](C)OC(=O)[C@H](C)NC(=O)c1nccc(OC)c1OCOC(C)=O. The summed E-state index contributed by atoms with van der Waals surface area (Å²) in [6.45, 7) is 7.65. The molecule has 0 aliphatic rings. The maximum atomic E-state index is 14.2. The van der Waals surface area contributed by atoms with Crippen LogP contribution < -0.4 is 24.3 Å². The molecule has 242 valence electrons. The van der Waals surface area contributed by atoms with Gasteiger partial charge < -0.3 is 33.7 Å². The molecule has 1 N–H and O–H groups in total. The summed E-state index contributed by atoms with van der Waals surface area (Å²) in [5.41, 5.74) is 0.711. The Bertz CT molecular complexity index is 1450. The van der Waals surface area contributed by atoms with Crippen LogP contribution >= 0.6 is 0 Å². The molecule has 11 nitrogen and oxygen atoms in total. The van der Waals surface area contributed by atoms with Crippen molar-refractivity contribution in [3.8, 4) is 23.0 Å². The van der Waals surface area contributed by atoms with E-state index in [0.29, 0.717) is 11.1 Å². The Kier molecular flexibility index (Phi) is 12.5. The zero-order valence-corrected chi connectivity index (χ0v) is 25.8.